The van der Waals surface area contributed by atoms with Crippen molar-refractivity contribution in [1.29, 1.82) is 0 Å². The van der Waals surface area contributed by atoms with Crippen molar-refractivity contribution in [2.24, 2.45) is 0 Å². The van der Waals surface area contributed by atoms with E-state index in [1.54, 1.807) is 50.2 Å². The van der Waals surface area contributed by atoms with Gasteiger partial charge in [-0.2, -0.15) is 0 Å². The zero-order valence-electron chi connectivity index (χ0n) is 23.8. The molecule has 11 heteroatoms. The van der Waals surface area contributed by atoms with E-state index in [0.717, 1.165) is 19.2 Å². The van der Waals surface area contributed by atoms with Crippen LogP contribution in [0.2, 0.25) is 0 Å². The molecule has 0 aliphatic carbocycles. The quantitative estimate of drug-likeness (QED) is 0.236. The van der Waals surface area contributed by atoms with E-state index in [0.29, 0.717) is 12.4 Å². The summed E-state index contributed by atoms with van der Waals surface area (Å²) in [5.74, 6) is -0.539. The van der Waals surface area contributed by atoms with Crippen molar-refractivity contribution in [3.8, 4) is 5.75 Å². The Bertz CT molecular complexity index is 1450. The number of hydrogen-bond acceptors (Lipinski definition) is 6. The van der Waals surface area contributed by atoms with E-state index in [1.165, 1.54) is 28.8 Å². The maximum atomic E-state index is 14.1. The van der Waals surface area contributed by atoms with E-state index in [-0.39, 0.29) is 29.1 Å². The maximum absolute atomic E-state index is 14.1. The lowest BCUT2D eigenvalue weighted by Gasteiger charge is -2.32. The van der Waals surface area contributed by atoms with E-state index in [4.69, 9.17) is 4.74 Å². The number of amides is 2. The van der Waals surface area contributed by atoms with Crippen LogP contribution in [0, 0.1) is 0 Å². The number of carbonyl (C=O) groups is 2. The summed E-state index contributed by atoms with van der Waals surface area (Å²) in [4.78, 5) is 29.5. The first-order valence-electron chi connectivity index (χ1n) is 13.2. The van der Waals surface area contributed by atoms with Crippen molar-refractivity contribution in [2.75, 3.05) is 23.7 Å². The molecular formula is C30H36BrN3O5S2. The van der Waals surface area contributed by atoms with Gasteiger partial charge in [0, 0.05) is 22.0 Å². The third-order valence-electron chi connectivity index (χ3n) is 6.20. The molecule has 0 saturated carbocycles. The van der Waals surface area contributed by atoms with Crippen LogP contribution in [0.25, 0.3) is 0 Å². The summed E-state index contributed by atoms with van der Waals surface area (Å²) in [5.41, 5.74) is 1.02. The smallest absolute Gasteiger partial charge is 0.264 e. The van der Waals surface area contributed by atoms with Crippen LogP contribution in [0.1, 0.15) is 33.3 Å². The van der Waals surface area contributed by atoms with Gasteiger partial charge >= 0.3 is 0 Å². The van der Waals surface area contributed by atoms with Crippen LogP contribution in [0.5, 0.6) is 5.75 Å². The summed E-state index contributed by atoms with van der Waals surface area (Å²) in [6.45, 7) is 7.00. The molecule has 3 rings (SSSR count). The Balaban J connectivity index is 2.09. The van der Waals surface area contributed by atoms with E-state index in [9.17, 15) is 18.0 Å². The lowest BCUT2D eigenvalue weighted by molar-refractivity contribution is -0.139. The Morgan fingerprint density at radius 3 is 2.29 bits per heavy atom. The van der Waals surface area contributed by atoms with Crippen molar-refractivity contribution in [3.05, 3.63) is 82.8 Å². The first-order valence-corrected chi connectivity index (χ1v) is 16.7. The van der Waals surface area contributed by atoms with Gasteiger partial charge in [0.15, 0.2) is 0 Å². The first-order chi connectivity index (χ1) is 19.5. The second kappa shape index (κ2) is 14.7. The summed E-state index contributed by atoms with van der Waals surface area (Å²) in [7, 11) is -4.20. The average Bonchev–Trinajstić information content (AvgIpc) is 2.94. The van der Waals surface area contributed by atoms with E-state index < -0.39 is 28.5 Å². The summed E-state index contributed by atoms with van der Waals surface area (Å²) >= 11 is 4.96. The van der Waals surface area contributed by atoms with Gasteiger partial charge in [0.05, 0.1) is 17.2 Å². The van der Waals surface area contributed by atoms with Gasteiger partial charge < -0.3 is 15.0 Å². The summed E-state index contributed by atoms with van der Waals surface area (Å²) in [6.07, 6.45) is 1.91. The van der Waals surface area contributed by atoms with Crippen molar-refractivity contribution in [3.63, 3.8) is 0 Å². The molecular weight excluding hydrogens is 626 g/mol. The Kier molecular flexibility index (Phi) is 11.7. The van der Waals surface area contributed by atoms with Crippen LogP contribution in [0.15, 0.2) is 87.1 Å². The highest BCUT2D eigenvalue weighted by Crippen LogP contribution is 2.33. The molecule has 8 nitrogen and oxygen atoms in total. The highest BCUT2D eigenvalue weighted by molar-refractivity contribution is 9.10. The fourth-order valence-corrected chi connectivity index (χ4v) is 6.43. The molecule has 0 fully saturated rings. The second-order valence-electron chi connectivity index (χ2n) is 9.58. The zero-order valence-corrected chi connectivity index (χ0v) is 27.1. The van der Waals surface area contributed by atoms with Crippen LogP contribution >= 0.6 is 27.7 Å². The van der Waals surface area contributed by atoms with E-state index in [1.807, 2.05) is 44.4 Å². The van der Waals surface area contributed by atoms with Gasteiger partial charge in [0.2, 0.25) is 11.8 Å². The molecule has 1 unspecified atom stereocenters. The highest BCUT2D eigenvalue weighted by atomic mass is 79.9. The predicted octanol–water partition coefficient (Wildman–Crippen LogP) is 5.71. The summed E-state index contributed by atoms with van der Waals surface area (Å²) in [6, 6.07) is 19.6. The molecule has 0 saturated heterocycles. The first kappa shape index (κ1) is 32.5. The Morgan fingerprint density at radius 1 is 1.00 bits per heavy atom. The number of ether oxygens (including phenoxy) is 1. The number of sulfonamides is 1. The predicted molar refractivity (Wildman–Crippen MR) is 168 cm³/mol. The SMILES string of the molecule is CCOc1ccccc1N(CC(=O)N(Cc1cccc(Br)c1)C(C)C(=O)NC(C)C)S(=O)(=O)c1ccc(SC)cc1. The third-order valence-corrected chi connectivity index (χ3v) is 9.21. The minimum absolute atomic E-state index is 0.0403. The van der Waals surface area contributed by atoms with Crippen LogP contribution in [0.4, 0.5) is 5.69 Å². The normalized spacial score (nSPS) is 12.1. The van der Waals surface area contributed by atoms with Gasteiger partial charge in [-0.25, -0.2) is 8.42 Å². The van der Waals surface area contributed by atoms with Gasteiger partial charge in [-0.05, 0) is 88.0 Å². The fraction of sp³-hybridized carbons (Fsp3) is 0.333. The average molecular weight is 663 g/mol. The molecule has 0 heterocycles. The molecule has 1 atom stereocenters. The number of hydrogen-bond donors (Lipinski definition) is 1. The van der Waals surface area contributed by atoms with Crippen LogP contribution in [0.3, 0.4) is 0 Å². The number of anilines is 1. The molecule has 41 heavy (non-hydrogen) atoms. The molecule has 3 aromatic carbocycles. The van der Waals surface area contributed by atoms with E-state index >= 15 is 0 Å². The monoisotopic (exact) mass is 661 g/mol. The summed E-state index contributed by atoms with van der Waals surface area (Å²) in [5, 5.41) is 2.86. The van der Waals surface area contributed by atoms with Gasteiger partial charge in [-0.1, -0.05) is 40.2 Å². The number of nitrogens with one attached hydrogen (secondary N) is 1. The van der Waals surface area contributed by atoms with Gasteiger partial charge in [0.1, 0.15) is 18.3 Å². The minimum Gasteiger partial charge on any atom is -0.492 e. The lowest BCUT2D eigenvalue weighted by atomic mass is 10.1. The van der Waals surface area contributed by atoms with Crippen molar-refractivity contribution >= 4 is 55.2 Å². The number of rotatable bonds is 13. The van der Waals surface area contributed by atoms with Gasteiger partial charge in [-0.15, -0.1) is 11.8 Å². The number of halogens is 1. The number of carbonyl (C=O) groups excluding carboxylic acids is 2. The van der Waals surface area contributed by atoms with Crippen LogP contribution in [-0.4, -0.2) is 56.6 Å². The van der Waals surface area contributed by atoms with Crippen molar-refractivity contribution < 1.29 is 22.7 Å². The Labute approximate surface area is 255 Å². The third kappa shape index (κ3) is 8.50. The molecule has 2 amide bonds. The molecule has 0 aliphatic rings. The molecule has 0 radical (unpaired) electrons. The number of benzene rings is 3. The van der Waals surface area contributed by atoms with Crippen LogP contribution in [-0.2, 0) is 26.2 Å². The Hall–Kier alpha value is -3.02. The minimum atomic E-state index is -4.20. The van der Waals surface area contributed by atoms with Crippen molar-refractivity contribution in [2.45, 2.75) is 56.1 Å². The lowest BCUT2D eigenvalue weighted by Crippen LogP contribution is -2.52. The molecule has 0 aromatic heterocycles. The Morgan fingerprint density at radius 2 is 1.68 bits per heavy atom. The topological polar surface area (TPSA) is 96.0 Å². The molecule has 3 aromatic rings. The number of nitrogens with zero attached hydrogens (tertiary/aromatic N) is 2. The van der Waals surface area contributed by atoms with Gasteiger partial charge in [0.25, 0.3) is 10.0 Å². The number of thioether (sulfide) groups is 1. The fourth-order valence-electron chi connectivity index (χ4n) is 4.15. The molecule has 0 aliphatic heterocycles. The van der Waals surface area contributed by atoms with Gasteiger partial charge in [-0.3, -0.25) is 13.9 Å². The van der Waals surface area contributed by atoms with Crippen LogP contribution < -0.4 is 14.4 Å². The molecule has 0 bridgehead atoms. The molecule has 220 valence electrons. The highest BCUT2D eigenvalue weighted by Gasteiger charge is 2.34. The van der Waals surface area contributed by atoms with Crippen molar-refractivity contribution in [1.82, 2.24) is 10.2 Å². The second-order valence-corrected chi connectivity index (χ2v) is 13.2. The summed E-state index contributed by atoms with van der Waals surface area (Å²) < 4.78 is 35.9. The molecule has 1 N–H and O–H groups in total. The van der Waals surface area contributed by atoms with E-state index in [2.05, 4.69) is 21.2 Å². The standard InChI is InChI=1S/C30H36BrN3O5S2/c1-6-39-28-13-8-7-12-27(28)34(41(37,38)26-16-14-25(40-5)15-17-26)20-29(35)33(22(4)30(36)32-21(2)3)19-23-10-9-11-24(31)18-23/h7-18,21-22H,6,19-20H2,1-5H3,(H,32,36). The largest absolute Gasteiger partial charge is 0.492 e. The number of para-hydroxylation sites is 2. The molecule has 0 spiro atoms. The zero-order chi connectivity index (χ0) is 30.2. The maximum Gasteiger partial charge on any atom is 0.264 e.